The van der Waals surface area contributed by atoms with Crippen molar-refractivity contribution in [2.45, 2.75) is 37.2 Å². The van der Waals surface area contributed by atoms with E-state index >= 15 is 0 Å². The van der Waals surface area contributed by atoms with E-state index in [2.05, 4.69) is 16.0 Å². The van der Waals surface area contributed by atoms with E-state index in [4.69, 9.17) is 9.72 Å². The summed E-state index contributed by atoms with van der Waals surface area (Å²) in [4.78, 5) is 25.0. The first kappa shape index (κ1) is 19.4. The number of ether oxygens (including phenoxy) is 1. The third kappa shape index (κ3) is 3.92. The van der Waals surface area contributed by atoms with Crippen molar-refractivity contribution in [3.8, 4) is 0 Å². The molecule has 0 bridgehead atoms. The van der Waals surface area contributed by atoms with E-state index in [1.54, 1.807) is 12.0 Å². The zero-order chi connectivity index (χ0) is 19.6. The van der Waals surface area contributed by atoms with Crippen LogP contribution in [0.1, 0.15) is 37.4 Å². The number of hydrogen-bond acceptors (Lipinski definition) is 5. The van der Waals surface area contributed by atoms with Gasteiger partial charge in [-0.3, -0.25) is 9.69 Å². The SMILES string of the molecule is COCCN1CCCC(O)(CN2CCC(c3nc4ccccc4[nH]3)CC2)C1=O. The fraction of sp³-hybridized carbons (Fsp3) is 0.619. The van der Waals surface area contributed by atoms with Gasteiger partial charge in [-0.15, -0.1) is 0 Å². The second-order valence-electron chi connectivity index (χ2n) is 8.11. The van der Waals surface area contributed by atoms with Gasteiger partial charge in [-0.05, 0) is 50.9 Å². The van der Waals surface area contributed by atoms with Crippen molar-refractivity contribution in [3.05, 3.63) is 30.1 Å². The summed E-state index contributed by atoms with van der Waals surface area (Å²) in [6, 6.07) is 8.11. The Morgan fingerprint density at radius 1 is 1.29 bits per heavy atom. The molecule has 1 unspecified atom stereocenters. The number of H-pyrrole nitrogens is 1. The smallest absolute Gasteiger partial charge is 0.255 e. The van der Waals surface area contributed by atoms with Crippen LogP contribution in [0.2, 0.25) is 0 Å². The molecule has 1 aromatic carbocycles. The van der Waals surface area contributed by atoms with Gasteiger partial charge < -0.3 is 19.7 Å². The molecule has 28 heavy (non-hydrogen) atoms. The lowest BCUT2D eigenvalue weighted by molar-refractivity contribution is -0.160. The maximum absolute atomic E-state index is 12.8. The number of aromatic nitrogens is 2. The molecule has 1 aromatic heterocycles. The first-order chi connectivity index (χ1) is 13.6. The zero-order valence-corrected chi connectivity index (χ0v) is 16.6. The minimum Gasteiger partial charge on any atom is -0.383 e. The van der Waals surface area contributed by atoms with Crippen LogP contribution in [-0.2, 0) is 9.53 Å². The molecule has 2 aromatic rings. The molecular formula is C21H30N4O3. The number of methoxy groups -OCH3 is 1. The Labute approximate surface area is 165 Å². The Morgan fingerprint density at radius 3 is 2.82 bits per heavy atom. The topological polar surface area (TPSA) is 81.7 Å². The van der Waals surface area contributed by atoms with Crippen molar-refractivity contribution >= 4 is 16.9 Å². The van der Waals surface area contributed by atoms with Gasteiger partial charge in [0, 0.05) is 32.7 Å². The molecule has 2 fully saturated rings. The van der Waals surface area contributed by atoms with Gasteiger partial charge in [-0.2, -0.15) is 0 Å². The lowest BCUT2D eigenvalue weighted by atomic mass is 9.89. The summed E-state index contributed by atoms with van der Waals surface area (Å²) < 4.78 is 5.09. The number of carbonyl (C=O) groups is 1. The number of amides is 1. The largest absolute Gasteiger partial charge is 0.383 e. The van der Waals surface area contributed by atoms with Crippen LogP contribution in [0.4, 0.5) is 0 Å². The number of rotatable bonds is 6. The molecule has 2 saturated heterocycles. The third-order valence-corrected chi connectivity index (χ3v) is 6.14. The summed E-state index contributed by atoms with van der Waals surface area (Å²) in [6.45, 7) is 3.92. The second-order valence-corrected chi connectivity index (χ2v) is 8.11. The van der Waals surface area contributed by atoms with E-state index in [1.165, 1.54) is 0 Å². The number of aromatic amines is 1. The molecule has 2 aliphatic heterocycles. The number of para-hydroxylation sites is 2. The zero-order valence-electron chi connectivity index (χ0n) is 16.6. The van der Waals surface area contributed by atoms with Gasteiger partial charge in [0.25, 0.3) is 5.91 Å². The fourth-order valence-electron chi connectivity index (χ4n) is 4.53. The number of β-amino-alcohol motifs (C(OH)–C–C–N with tert-alkyl or cyclic N) is 1. The van der Waals surface area contributed by atoms with Crippen molar-refractivity contribution in [1.82, 2.24) is 19.8 Å². The molecule has 0 radical (unpaired) electrons. The monoisotopic (exact) mass is 386 g/mol. The first-order valence-electron chi connectivity index (χ1n) is 10.3. The molecule has 4 rings (SSSR count). The summed E-state index contributed by atoms with van der Waals surface area (Å²) in [5, 5.41) is 11.0. The van der Waals surface area contributed by atoms with Gasteiger partial charge in [0.2, 0.25) is 0 Å². The number of likely N-dealkylation sites (tertiary alicyclic amines) is 2. The van der Waals surface area contributed by atoms with Gasteiger partial charge in [0.05, 0.1) is 17.6 Å². The lowest BCUT2D eigenvalue weighted by Gasteiger charge is -2.42. The molecule has 0 aliphatic carbocycles. The number of benzene rings is 1. The molecule has 1 amide bonds. The minimum atomic E-state index is -1.27. The molecule has 1 atom stereocenters. The van der Waals surface area contributed by atoms with Crippen LogP contribution in [0.5, 0.6) is 0 Å². The molecule has 2 N–H and O–H groups in total. The van der Waals surface area contributed by atoms with Crippen molar-refractivity contribution < 1.29 is 14.6 Å². The van der Waals surface area contributed by atoms with Gasteiger partial charge in [-0.25, -0.2) is 4.98 Å². The maximum atomic E-state index is 12.8. The Morgan fingerprint density at radius 2 is 2.07 bits per heavy atom. The predicted octanol–water partition coefficient (Wildman–Crippen LogP) is 1.74. The maximum Gasteiger partial charge on any atom is 0.255 e. The number of piperidine rings is 2. The standard InChI is InChI=1S/C21H30N4O3/c1-28-14-13-25-10-4-9-21(27,20(25)26)15-24-11-7-16(8-12-24)19-22-17-5-2-3-6-18(17)23-19/h2-3,5-6,16,27H,4,7-15H2,1H3,(H,22,23). The summed E-state index contributed by atoms with van der Waals surface area (Å²) in [7, 11) is 1.63. The van der Waals surface area contributed by atoms with Crippen LogP contribution in [-0.4, -0.2) is 82.8 Å². The van der Waals surface area contributed by atoms with Crippen molar-refractivity contribution in [2.75, 3.05) is 46.4 Å². The van der Waals surface area contributed by atoms with Crippen molar-refractivity contribution in [1.29, 1.82) is 0 Å². The number of nitrogens with one attached hydrogen (secondary N) is 1. The summed E-state index contributed by atoms with van der Waals surface area (Å²) in [6.07, 6.45) is 3.34. The minimum absolute atomic E-state index is 0.143. The second kappa shape index (κ2) is 8.19. The van der Waals surface area contributed by atoms with Crippen LogP contribution in [0.25, 0.3) is 11.0 Å². The van der Waals surface area contributed by atoms with Crippen molar-refractivity contribution in [2.24, 2.45) is 0 Å². The molecule has 2 aliphatic rings. The molecule has 152 valence electrons. The Hall–Kier alpha value is -1.96. The highest BCUT2D eigenvalue weighted by molar-refractivity contribution is 5.86. The number of nitrogens with zero attached hydrogens (tertiary/aromatic N) is 3. The highest BCUT2D eigenvalue weighted by atomic mass is 16.5. The van der Waals surface area contributed by atoms with E-state index in [0.29, 0.717) is 38.6 Å². The van der Waals surface area contributed by atoms with Crippen LogP contribution in [0.15, 0.2) is 24.3 Å². The van der Waals surface area contributed by atoms with Gasteiger partial charge in [0.15, 0.2) is 5.60 Å². The Kier molecular flexibility index (Phi) is 5.66. The first-order valence-corrected chi connectivity index (χ1v) is 10.3. The summed E-state index contributed by atoms with van der Waals surface area (Å²) in [5.41, 5.74) is 0.828. The average molecular weight is 386 g/mol. The highest BCUT2D eigenvalue weighted by Gasteiger charge is 2.43. The predicted molar refractivity (Wildman–Crippen MR) is 107 cm³/mol. The Bertz CT molecular complexity index is 782. The fourth-order valence-corrected chi connectivity index (χ4v) is 4.53. The highest BCUT2D eigenvalue weighted by Crippen LogP contribution is 2.30. The molecule has 0 saturated carbocycles. The average Bonchev–Trinajstić information content (AvgIpc) is 3.14. The molecular weight excluding hydrogens is 356 g/mol. The van der Waals surface area contributed by atoms with Crippen LogP contribution < -0.4 is 0 Å². The van der Waals surface area contributed by atoms with Gasteiger partial charge >= 0.3 is 0 Å². The number of aliphatic hydroxyl groups is 1. The Balaban J connectivity index is 1.35. The summed E-state index contributed by atoms with van der Waals surface area (Å²) in [5.74, 6) is 1.31. The molecule has 3 heterocycles. The van der Waals surface area contributed by atoms with Crippen molar-refractivity contribution in [3.63, 3.8) is 0 Å². The van der Waals surface area contributed by atoms with Crippen LogP contribution >= 0.6 is 0 Å². The number of fused-ring (bicyclic) bond motifs is 1. The van der Waals surface area contributed by atoms with E-state index in [9.17, 15) is 9.90 Å². The van der Waals surface area contributed by atoms with E-state index < -0.39 is 5.60 Å². The molecule has 7 nitrogen and oxygen atoms in total. The quantitative estimate of drug-likeness (QED) is 0.790. The number of imidazole rings is 1. The third-order valence-electron chi connectivity index (χ3n) is 6.14. The van der Waals surface area contributed by atoms with Gasteiger partial charge in [-0.1, -0.05) is 12.1 Å². The van der Waals surface area contributed by atoms with E-state index in [-0.39, 0.29) is 5.91 Å². The molecule has 0 spiro atoms. The van der Waals surface area contributed by atoms with Gasteiger partial charge in [0.1, 0.15) is 5.82 Å². The normalized spacial score (nSPS) is 24.9. The van der Waals surface area contributed by atoms with E-state index in [1.807, 2.05) is 18.2 Å². The lowest BCUT2D eigenvalue weighted by Crippen LogP contribution is -2.59. The molecule has 7 heteroatoms. The summed E-state index contributed by atoms with van der Waals surface area (Å²) >= 11 is 0. The number of hydrogen-bond donors (Lipinski definition) is 2. The number of carbonyl (C=O) groups excluding carboxylic acids is 1. The van der Waals surface area contributed by atoms with Crippen LogP contribution in [0.3, 0.4) is 0 Å². The van der Waals surface area contributed by atoms with Crippen LogP contribution in [0, 0.1) is 0 Å². The van der Waals surface area contributed by atoms with E-state index in [0.717, 1.165) is 49.2 Å².